The second-order valence-corrected chi connectivity index (χ2v) is 9.17. The van der Waals surface area contributed by atoms with E-state index in [-0.39, 0.29) is 11.5 Å². The highest BCUT2D eigenvalue weighted by Crippen LogP contribution is 2.40. The van der Waals surface area contributed by atoms with Crippen LogP contribution in [0.15, 0.2) is 29.4 Å². The number of nitriles is 1. The molecule has 0 bridgehead atoms. The van der Waals surface area contributed by atoms with Gasteiger partial charge in [0, 0.05) is 42.6 Å². The summed E-state index contributed by atoms with van der Waals surface area (Å²) >= 11 is 1.17. The van der Waals surface area contributed by atoms with Crippen molar-refractivity contribution >= 4 is 27.6 Å². The van der Waals surface area contributed by atoms with Gasteiger partial charge in [-0.2, -0.15) is 9.64 Å². The van der Waals surface area contributed by atoms with Crippen LogP contribution in [0.4, 0.5) is 5.13 Å². The van der Waals surface area contributed by atoms with Gasteiger partial charge in [0.25, 0.3) is 0 Å². The molecule has 0 radical (unpaired) electrons. The van der Waals surface area contributed by atoms with Crippen LogP contribution in [-0.4, -0.2) is 38.2 Å². The lowest BCUT2D eigenvalue weighted by Gasteiger charge is -2.41. The van der Waals surface area contributed by atoms with E-state index in [2.05, 4.69) is 32.0 Å². The third-order valence-corrected chi connectivity index (χ3v) is 7.13. The van der Waals surface area contributed by atoms with E-state index >= 15 is 0 Å². The van der Waals surface area contributed by atoms with Gasteiger partial charge in [-0.3, -0.25) is 9.62 Å². The summed E-state index contributed by atoms with van der Waals surface area (Å²) in [5.41, 5.74) is 0.931. The molecule has 1 aromatic heterocycles. The topological polar surface area (TPSA) is 91.1 Å². The highest BCUT2D eigenvalue weighted by atomic mass is 32.2. The zero-order valence-corrected chi connectivity index (χ0v) is 16.7. The predicted molar refractivity (Wildman–Crippen MR) is 104 cm³/mol. The molecule has 2 unspecified atom stereocenters. The molecule has 9 heteroatoms. The Kier molecular flexibility index (Phi) is 5.12. The maximum atomic E-state index is 12.5. The molecule has 1 aromatic carbocycles. The fourth-order valence-electron chi connectivity index (χ4n) is 3.64. The van der Waals surface area contributed by atoms with Crippen LogP contribution in [0.25, 0.3) is 0 Å². The van der Waals surface area contributed by atoms with Crippen molar-refractivity contribution in [3.8, 4) is 11.8 Å². The van der Waals surface area contributed by atoms with Gasteiger partial charge in [0.05, 0.1) is 23.0 Å². The molecule has 4 rings (SSSR count). The third-order valence-electron chi connectivity index (χ3n) is 5.36. The Hall–Kier alpha value is -2.02. The molecule has 0 spiro atoms. The molecule has 0 amide bonds. The maximum absolute atomic E-state index is 12.5. The number of nitrogens with one attached hydrogen (secondary N) is 1. The largest absolute Gasteiger partial charge is 0.493 e. The average Bonchev–Trinajstić information content (AvgIpc) is 3.21. The number of rotatable bonds is 4. The van der Waals surface area contributed by atoms with Crippen LogP contribution in [0.2, 0.25) is 0 Å². The fraction of sp³-hybridized carbons (Fsp3) is 0.500. The van der Waals surface area contributed by atoms with Crippen LogP contribution in [0.1, 0.15) is 37.8 Å². The molecule has 2 aliphatic heterocycles. The summed E-state index contributed by atoms with van der Waals surface area (Å²) in [6, 6.07) is 8.51. The molecule has 1 N–H and O–H groups in total. The molecule has 7 nitrogen and oxygen atoms in total. The molecule has 0 aliphatic carbocycles. The van der Waals surface area contributed by atoms with Crippen LogP contribution in [0.5, 0.6) is 5.75 Å². The van der Waals surface area contributed by atoms with Gasteiger partial charge in [0.15, 0.2) is 11.0 Å². The molecule has 1 fully saturated rings. The lowest BCUT2D eigenvalue weighted by atomic mass is 9.81. The summed E-state index contributed by atoms with van der Waals surface area (Å²) in [7, 11) is -1.41. The molecule has 0 saturated carbocycles. The summed E-state index contributed by atoms with van der Waals surface area (Å²) in [6.07, 6.45) is 4.15. The van der Waals surface area contributed by atoms with E-state index in [0.29, 0.717) is 16.6 Å². The van der Waals surface area contributed by atoms with Crippen LogP contribution >= 0.6 is 11.5 Å². The first kappa shape index (κ1) is 18.3. The minimum atomic E-state index is -1.41. The molecular formula is C18H21N5O2S2. The smallest absolute Gasteiger partial charge is 0.214 e. The number of fused-ring (bicyclic) bond motifs is 1. The van der Waals surface area contributed by atoms with E-state index < -0.39 is 11.0 Å². The summed E-state index contributed by atoms with van der Waals surface area (Å²) in [5, 5.41) is 9.87. The molecule has 2 atom stereocenters. The Bertz CT molecular complexity index is 872. The van der Waals surface area contributed by atoms with E-state index in [4.69, 9.17) is 4.74 Å². The SMILES string of the molecule is CC1(C#N)CCN(C2CCOc3cc(S(=O)Nc4ncns4)ccc32)CC1. The van der Waals surface area contributed by atoms with E-state index in [1.165, 1.54) is 17.9 Å². The lowest BCUT2D eigenvalue weighted by Crippen LogP contribution is -2.41. The van der Waals surface area contributed by atoms with Gasteiger partial charge in [-0.15, -0.1) is 0 Å². The van der Waals surface area contributed by atoms with Gasteiger partial charge in [-0.25, -0.2) is 9.19 Å². The van der Waals surface area contributed by atoms with Gasteiger partial charge in [0.2, 0.25) is 5.13 Å². The van der Waals surface area contributed by atoms with Crippen molar-refractivity contribution in [3.05, 3.63) is 30.1 Å². The van der Waals surface area contributed by atoms with Crippen LogP contribution < -0.4 is 9.46 Å². The fourth-order valence-corrected chi connectivity index (χ4v) is 5.04. The van der Waals surface area contributed by atoms with Crippen molar-refractivity contribution in [2.45, 2.75) is 37.1 Å². The van der Waals surface area contributed by atoms with E-state index in [0.717, 1.165) is 43.7 Å². The number of ether oxygens (including phenoxy) is 1. The Morgan fingerprint density at radius 1 is 1.44 bits per heavy atom. The monoisotopic (exact) mass is 403 g/mol. The second-order valence-electron chi connectivity index (χ2n) is 7.18. The molecule has 2 aliphatic rings. The molecule has 27 heavy (non-hydrogen) atoms. The Morgan fingerprint density at radius 3 is 2.96 bits per heavy atom. The van der Waals surface area contributed by atoms with Gasteiger partial charge >= 0.3 is 0 Å². The number of hydrogen-bond donors (Lipinski definition) is 1. The highest BCUT2D eigenvalue weighted by molar-refractivity contribution is 7.86. The Morgan fingerprint density at radius 2 is 2.26 bits per heavy atom. The Labute approximate surface area is 165 Å². The normalized spacial score (nSPS) is 22.9. The first-order valence-electron chi connectivity index (χ1n) is 8.95. The molecular weight excluding hydrogens is 382 g/mol. The highest BCUT2D eigenvalue weighted by Gasteiger charge is 2.35. The second kappa shape index (κ2) is 7.54. The first-order chi connectivity index (χ1) is 13.1. The third kappa shape index (κ3) is 3.83. The lowest BCUT2D eigenvalue weighted by molar-refractivity contribution is 0.0847. The summed E-state index contributed by atoms with van der Waals surface area (Å²) in [4.78, 5) is 7.11. The van der Waals surface area contributed by atoms with Crippen LogP contribution in [0.3, 0.4) is 0 Å². The standard InChI is InChI=1S/C18H21N5O2S2/c1-18(11-19)5-7-23(8-6-18)15-4-9-25-16-10-13(2-3-14(15)16)27(24)22-17-20-12-21-26-17/h2-3,10,12,15H,4-9H2,1H3,(H,20,21,22). The molecule has 3 heterocycles. The van der Waals surface area contributed by atoms with Crippen molar-refractivity contribution in [3.63, 3.8) is 0 Å². The quantitative estimate of drug-likeness (QED) is 0.843. The van der Waals surface area contributed by atoms with Crippen molar-refractivity contribution < 1.29 is 8.95 Å². The van der Waals surface area contributed by atoms with Gasteiger partial charge < -0.3 is 4.74 Å². The number of likely N-dealkylation sites (tertiary alicyclic amines) is 1. The maximum Gasteiger partial charge on any atom is 0.214 e. The number of piperidine rings is 1. The van der Waals surface area contributed by atoms with E-state index in [1.807, 2.05) is 18.2 Å². The number of aromatic nitrogens is 2. The zero-order valence-electron chi connectivity index (χ0n) is 15.1. The minimum absolute atomic E-state index is 0.207. The predicted octanol–water partition coefficient (Wildman–Crippen LogP) is 3.12. The number of benzene rings is 1. The van der Waals surface area contributed by atoms with Crippen LogP contribution in [0, 0.1) is 16.7 Å². The first-order valence-corrected chi connectivity index (χ1v) is 10.9. The number of nitrogens with zero attached hydrogens (tertiary/aromatic N) is 4. The zero-order chi connectivity index (χ0) is 18.9. The van der Waals surface area contributed by atoms with E-state index in [9.17, 15) is 9.47 Å². The summed E-state index contributed by atoms with van der Waals surface area (Å²) in [6.45, 7) is 4.53. The minimum Gasteiger partial charge on any atom is -0.493 e. The van der Waals surface area contributed by atoms with Gasteiger partial charge in [-0.1, -0.05) is 6.07 Å². The summed E-state index contributed by atoms with van der Waals surface area (Å²) < 4.78 is 25.1. The number of anilines is 1. The van der Waals surface area contributed by atoms with Crippen LogP contribution in [-0.2, 0) is 11.0 Å². The van der Waals surface area contributed by atoms with Gasteiger partial charge in [0.1, 0.15) is 12.1 Å². The van der Waals surface area contributed by atoms with Crippen molar-refractivity contribution in [1.82, 2.24) is 14.3 Å². The van der Waals surface area contributed by atoms with Crippen molar-refractivity contribution in [2.24, 2.45) is 5.41 Å². The Balaban J connectivity index is 1.50. The van der Waals surface area contributed by atoms with Crippen molar-refractivity contribution in [2.75, 3.05) is 24.4 Å². The molecule has 2 aromatic rings. The average molecular weight is 404 g/mol. The van der Waals surface area contributed by atoms with Gasteiger partial charge in [-0.05, 0) is 31.9 Å². The molecule has 1 saturated heterocycles. The number of hydrogen-bond acceptors (Lipinski definition) is 7. The summed E-state index contributed by atoms with van der Waals surface area (Å²) in [5.74, 6) is 0.796. The molecule has 142 valence electrons. The van der Waals surface area contributed by atoms with E-state index in [1.54, 1.807) is 0 Å². The van der Waals surface area contributed by atoms with Crippen molar-refractivity contribution in [1.29, 1.82) is 5.26 Å².